The Morgan fingerprint density at radius 3 is 1.79 bits per heavy atom. The van der Waals surface area contributed by atoms with Crippen LogP contribution in [0.4, 0.5) is 32.4 Å². The number of phenols is 4. The highest BCUT2D eigenvalue weighted by molar-refractivity contribution is 9.11. The van der Waals surface area contributed by atoms with Crippen LogP contribution < -0.4 is 5.32 Å². The monoisotopic (exact) mass is 1060 g/mol. The van der Waals surface area contributed by atoms with E-state index in [2.05, 4.69) is 53.1 Å². The highest BCUT2D eigenvalue weighted by atomic mass is 79.9. The Bertz CT molecular complexity index is 2570. The number of anilines is 1. The zero-order valence-corrected chi connectivity index (χ0v) is 36.4. The maximum absolute atomic E-state index is 13.6. The van der Waals surface area contributed by atoms with Crippen LogP contribution in [0.3, 0.4) is 0 Å². The van der Waals surface area contributed by atoms with Gasteiger partial charge in [-0.05, 0) is 104 Å². The third-order valence-corrected chi connectivity index (χ3v) is 8.80. The number of amides is 1. The first kappa shape index (κ1) is 51.6. The van der Waals surface area contributed by atoms with Crippen molar-refractivity contribution in [3.8, 4) is 29.1 Å². The minimum Gasteiger partial charge on any atom is -0.508 e. The first-order valence-corrected chi connectivity index (χ1v) is 19.3. The van der Waals surface area contributed by atoms with Gasteiger partial charge < -0.3 is 34.3 Å². The summed E-state index contributed by atoms with van der Waals surface area (Å²) in [6, 6.07) is 16.9. The maximum Gasteiger partial charge on any atom is 0.411 e. The molecule has 0 fully saturated rings. The fraction of sp³-hybridized carbons (Fsp3) is 0.0976. The van der Waals surface area contributed by atoms with Gasteiger partial charge in [0.25, 0.3) is 0 Å². The number of halogens is 8. The molecule has 6 aromatic rings. The van der Waals surface area contributed by atoms with Crippen molar-refractivity contribution >= 4 is 89.1 Å². The Labute approximate surface area is 373 Å². The van der Waals surface area contributed by atoms with Gasteiger partial charge in [-0.2, -0.15) is 5.26 Å². The van der Waals surface area contributed by atoms with E-state index in [1.54, 1.807) is 19.9 Å². The van der Waals surface area contributed by atoms with Crippen molar-refractivity contribution in [3.05, 3.63) is 144 Å². The second-order valence-corrected chi connectivity index (χ2v) is 13.8. The minimum atomic E-state index is -0.762. The standard InChI is InChI=1S/C14H13BrFNO5.C7H3BrFNO.C7H4BrFO2.C7H5FO2.C6H5FO/c1-3-20-13(18)12-11(17-14(19)21-4-2)7-5-8(15)9(16)6-10(7)22-12;2*8-5-1-4(3-10)7(11)2-6(5)9;8-6-2-1-5(4-9)7(10)3-6;7-5-2-1-3-6(8)4-5/h5-6H,3-4H2,1-2H3,(H,17,19);1-2,11H;1-3,11H;1-4,10H;1-4,8H. The number of aromatic hydroxyl groups is 4. The van der Waals surface area contributed by atoms with Crippen LogP contribution in [0, 0.1) is 40.4 Å². The predicted molar refractivity (Wildman–Crippen MR) is 224 cm³/mol. The number of carbonyl (C=O) groups excluding carboxylic acids is 4. The second kappa shape index (κ2) is 25.3. The Balaban J connectivity index is 0.000000283. The molecule has 6 rings (SSSR count). The van der Waals surface area contributed by atoms with Gasteiger partial charge in [0.05, 0.1) is 43.3 Å². The zero-order chi connectivity index (χ0) is 46.7. The molecule has 0 aliphatic heterocycles. The molecule has 0 unspecified atom stereocenters. The number of nitrogens with one attached hydrogen (secondary N) is 1. The van der Waals surface area contributed by atoms with Crippen molar-refractivity contribution in [2.45, 2.75) is 13.8 Å². The number of ether oxygens (including phenoxy) is 2. The van der Waals surface area contributed by atoms with Crippen LogP contribution in [0.25, 0.3) is 11.0 Å². The summed E-state index contributed by atoms with van der Waals surface area (Å²) in [5, 5.41) is 46.4. The van der Waals surface area contributed by atoms with Crippen LogP contribution in [0.15, 0.2) is 96.7 Å². The molecule has 0 atom stereocenters. The molecular weight excluding hydrogens is 1030 g/mol. The molecule has 0 aliphatic carbocycles. The molecule has 0 saturated heterocycles. The molecule has 5 N–H and O–H groups in total. The van der Waals surface area contributed by atoms with Gasteiger partial charge in [0.2, 0.25) is 5.76 Å². The van der Waals surface area contributed by atoms with Crippen LogP contribution >= 0.6 is 47.8 Å². The lowest BCUT2D eigenvalue weighted by molar-refractivity contribution is 0.0494. The van der Waals surface area contributed by atoms with E-state index in [-0.39, 0.29) is 83.4 Å². The lowest BCUT2D eigenvalue weighted by Gasteiger charge is -2.05. The van der Waals surface area contributed by atoms with E-state index < -0.39 is 41.1 Å². The number of furan rings is 1. The number of aldehydes is 2. The van der Waals surface area contributed by atoms with E-state index in [4.69, 9.17) is 39.6 Å². The molecule has 1 aromatic heterocycles. The van der Waals surface area contributed by atoms with Gasteiger partial charge in [0.1, 0.15) is 69.4 Å². The molecular formula is C41H30Br3F5N2O11. The molecule has 13 nitrogen and oxygen atoms in total. The molecule has 1 heterocycles. The van der Waals surface area contributed by atoms with E-state index in [0.29, 0.717) is 18.0 Å². The van der Waals surface area contributed by atoms with E-state index in [0.717, 1.165) is 36.4 Å². The number of phenolic OH excluding ortho intramolecular Hbond substituents is 4. The fourth-order valence-corrected chi connectivity index (χ4v) is 5.24. The van der Waals surface area contributed by atoms with E-state index in [1.165, 1.54) is 42.5 Å². The normalized spacial score (nSPS) is 9.76. The molecule has 0 spiro atoms. The summed E-state index contributed by atoms with van der Waals surface area (Å²) in [6.45, 7) is 3.57. The van der Waals surface area contributed by atoms with E-state index in [1.807, 2.05) is 0 Å². The third-order valence-electron chi connectivity index (χ3n) is 6.98. The van der Waals surface area contributed by atoms with Gasteiger partial charge in [0.15, 0.2) is 12.6 Å². The fourth-order valence-electron chi connectivity index (χ4n) is 4.19. The van der Waals surface area contributed by atoms with Crippen LogP contribution in [0.2, 0.25) is 0 Å². The molecule has 62 heavy (non-hydrogen) atoms. The summed E-state index contributed by atoms with van der Waals surface area (Å²) in [5.41, 5.74) is 0.404. The average Bonchev–Trinajstić information content (AvgIpc) is 3.55. The number of hydrogen-bond acceptors (Lipinski definition) is 12. The van der Waals surface area contributed by atoms with Crippen molar-refractivity contribution in [3.63, 3.8) is 0 Å². The van der Waals surface area contributed by atoms with Crippen molar-refractivity contribution < 1.29 is 75.4 Å². The highest BCUT2D eigenvalue weighted by Gasteiger charge is 2.25. The number of nitriles is 1. The van der Waals surface area contributed by atoms with Crippen molar-refractivity contribution in [1.82, 2.24) is 0 Å². The number of fused-ring (bicyclic) bond motifs is 1. The average molecular weight is 1060 g/mol. The Hall–Kier alpha value is -6.50. The first-order valence-electron chi connectivity index (χ1n) is 16.9. The lowest BCUT2D eigenvalue weighted by atomic mass is 10.2. The van der Waals surface area contributed by atoms with Crippen LogP contribution in [-0.4, -0.2) is 58.3 Å². The largest absolute Gasteiger partial charge is 0.508 e. The molecule has 21 heteroatoms. The summed E-state index contributed by atoms with van der Waals surface area (Å²) < 4.78 is 78.4. The summed E-state index contributed by atoms with van der Waals surface area (Å²) in [6.07, 6.45) is 0.171. The third kappa shape index (κ3) is 15.8. The van der Waals surface area contributed by atoms with Gasteiger partial charge in [-0.15, -0.1) is 0 Å². The SMILES string of the molecule is CCOC(=O)Nc1c(C(=O)OCC)oc2cc(F)c(Br)cc12.N#Cc1cc(Br)c(F)cc1O.O=Cc1cc(Br)c(F)cc1O.O=Cc1ccc(F)cc1O.Oc1cccc(F)c1. The summed E-state index contributed by atoms with van der Waals surface area (Å²) in [7, 11) is 0. The van der Waals surface area contributed by atoms with Gasteiger partial charge in [-0.25, -0.2) is 31.5 Å². The molecule has 1 amide bonds. The van der Waals surface area contributed by atoms with Gasteiger partial charge in [0, 0.05) is 35.7 Å². The first-order chi connectivity index (χ1) is 29.3. The lowest BCUT2D eigenvalue weighted by Crippen LogP contribution is -2.15. The van der Waals surface area contributed by atoms with Crippen molar-refractivity contribution in [1.29, 1.82) is 5.26 Å². The number of benzene rings is 5. The topological polar surface area (TPSA) is 217 Å². The smallest absolute Gasteiger partial charge is 0.411 e. The Morgan fingerprint density at radius 1 is 0.710 bits per heavy atom. The minimum absolute atomic E-state index is 0.0370. The summed E-state index contributed by atoms with van der Waals surface area (Å²) >= 11 is 8.81. The summed E-state index contributed by atoms with van der Waals surface area (Å²) in [4.78, 5) is 43.8. The number of carbonyl (C=O) groups is 4. The Morgan fingerprint density at radius 2 is 1.26 bits per heavy atom. The van der Waals surface area contributed by atoms with E-state index in [9.17, 15) is 41.1 Å². The molecule has 0 aliphatic rings. The van der Waals surface area contributed by atoms with Gasteiger partial charge in [-0.3, -0.25) is 14.9 Å². The van der Waals surface area contributed by atoms with Gasteiger partial charge >= 0.3 is 12.1 Å². The molecule has 0 saturated carbocycles. The number of hydrogen-bond donors (Lipinski definition) is 5. The van der Waals surface area contributed by atoms with Crippen molar-refractivity contribution in [2.75, 3.05) is 18.5 Å². The quantitative estimate of drug-likeness (QED) is 0.0598. The number of nitrogens with zero attached hydrogens (tertiary/aromatic N) is 1. The summed E-state index contributed by atoms with van der Waals surface area (Å²) in [5.74, 6) is -4.72. The van der Waals surface area contributed by atoms with E-state index >= 15 is 0 Å². The maximum atomic E-state index is 13.6. The number of esters is 1. The van der Waals surface area contributed by atoms with Crippen LogP contribution in [0.1, 0.15) is 50.7 Å². The molecule has 326 valence electrons. The predicted octanol–water partition coefficient (Wildman–Crippen LogP) is 11.2. The van der Waals surface area contributed by atoms with Crippen molar-refractivity contribution in [2.24, 2.45) is 0 Å². The Kier molecular flexibility index (Phi) is 21.1. The second-order valence-electron chi connectivity index (χ2n) is 11.3. The molecule has 0 radical (unpaired) electrons. The van der Waals surface area contributed by atoms with Crippen LogP contribution in [-0.2, 0) is 9.47 Å². The molecule has 0 bridgehead atoms. The van der Waals surface area contributed by atoms with Gasteiger partial charge in [-0.1, -0.05) is 6.07 Å². The highest BCUT2D eigenvalue weighted by Crippen LogP contribution is 2.35. The number of rotatable bonds is 6. The van der Waals surface area contributed by atoms with Crippen LogP contribution in [0.5, 0.6) is 23.0 Å². The molecule has 5 aromatic carbocycles. The zero-order valence-electron chi connectivity index (χ0n) is 31.7.